The third-order valence-electron chi connectivity index (χ3n) is 2.61. The highest BCUT2D eigenvalue weighted by Gasteiger charge is 2.11. The summed E-state index contributed by atoms with van der Waals surface area (Å²) < 4.78 is 18.6. The van der Waals surface area contributed by atoms with E-state index < -0.39 is 5.82 Å². The van der Waals surface area contributed by atoms with Crippen molar-refractivity contribution in [1.29, 1.82) is 5.26 Å². The highest BCUT2D eigenvalue weighted by molar-refractivity contribution is 5.58. The van der Waals surface area contributed by atoms with Gasteiger partial charge in [-0.15, -0.1) is 0 Å². The number of nitrogens with zero attached hydrogens (tertiary/aromatic N) is 1. The van der Waals surface area contributed by atoms with Crippen molar-refractivity contribution in [1.82, 2.24) is 0 Å². The van der Waals surface area contributed by atoms with Crippen LogP contribution in [0, 0.1) is 17.1 Å². The van der Waals surface area contributed by atoms with Crippen LogP contribution in [0.2, 0.25) is 0 Å². The minimum absolute atomic E-state index is 0.0452. The van der Waals surface area contributed by atoms with Crippen molar-refractivity contribution in [3.63, 3.8) is 0 Å². The zero-order chi connectivity index (χ0) is 13.0. The Bertz CT molecular complexity index is 558. The van der Waals surface area contributed by atoms with E-state index in [-0.39, 0.29) is 11.6 Å². The molecule has 0 aliphatic heterocycles. The molecule has 1 aromatic carbocycles. The molecule has 0 bridgehead atoms. The van der Waals surface area contributed by atoms with E-state index in [0.29, 0.717) is 12.1 Å². The average Bonchev–Trinajstić information content (AvgIpc) is 2.82. The molecule has 18 heavy (non-hydrogen) atoms. The van der Waals surface area contributed by atoms with Gasteiger partial charge in [0.25, 0.3) is 0 Å². The van der Waals surface area contributed by atoms with Crippen molar-refractivity contribution >= 4 is 5.69 Å². The van der Waals surface area contributed by atoms with Crippen LogP contribution in [-0.2, 0) is 6.42 Å². The van der Waals surface area contributed by atoms with Gasteiger partial charge < -0.3 is 9.73 Å². The molecule has 3 nitrogen and oxygen atoms in total. The molecule has 1 unspecified atom stereocenters. The highest BCUT2D eigenvalue weighted by atomic mass is 19.1. The van der Waals surface area contributed by atoms with Gasteiger partial charge in [0.15, 0.2) is 0 Å². The van der Waals surface area contributed by atoms with Gasteiger partial charge in [0, 0.05) is 12.5 Å². The van der Waals surface area contributed by atoms with Crippen LogP contribution in [0.25, 0.3) is 0 Å². The Morgan fingerprint density at radius 3 is 2.89 bits per heavy atom. The summed E-state index contributed by atoms with van der Waals surface area (Å²) in [4.78, 5) is 0. The first-order chi connectivity index (χ1) is 8.70. The Hall–Kier alpha value is -2.28. The zero-order valence-electron chi connectivity index (χ0n) is 9.98. The van der Waals surface area contributed by atoms with Gasteiger partial charge in [-0.2, -0.15) is 5.26 Å². The molecule has 2 aromatic rings. The van der Waals surface area contributed by atoms with E-state index in [1.54, 1.807) is 18.4 Å². The summed E-state index contributed by atoms with van der Waals surface area (Å²) in [6, 6.07) is 10.2. The molecule has 1 N–H and O–H groups in total. The number of halogens is 1. The Kier molecular flexibility index (Phi) is 3.63. The fourth-order valence-corrected chi connectivity index (χ4v) is 1.81. The van der Waals surface area contributed by atoms with E-state index in [2.05, 4.69) is 5.32 Å². The third kappa shape index (κ3) is 2.69. The largest absolute Gasteiger partial charge is 0.469 e. The van der Waals surface area contributed by atoms with E-state index in [1.807, 2.05) is 25.1 Å². The van der Waals surface area contributed by atoms with Crippen LogP contribution in [0.5, 0.6) is 0 Å². The lowest BCUT2D eigenvalue weighted by atomic mass is 10.1. The van der Waals surface area contributed by atoms with Gasteiger partial charge in [-0.05, 0) is 31.2 Å². The van der Waals surface area contributed by atoms with Gasteiger partial charge in [0.2, 0.25) is 0 Å². The first kappa shape index (κ1) is 12.2. The lowest BCUT2D eigenvalue weighted by Gasteiger charge is -2.15. The Morgan fingerprint density at radius 1 is 1.39 bits per heavy atom. The minimum atomic E-state index is -0.507. The van der Waals surface area contributed by atoms with Gasteiger partial charge in [0.1, 0.15) is 23.2 Å². The summed E-state index contributed by atoms with van der Waals surface area (Å²) >= 11 is 0. The van der Waals surface area contributed by atoms with Crippen LogP contribution in [0.3, 0.4) is 0 Å². The highest BCUT2D eigenvalue weighted by Crippen LogP contribution is 2.19. The smallest absolute Gasteiger partial charge is 0.143 e. The van der Waals surface area contributed by atoms with Crippen LogP contribution >= 0.6 is 0 Å². The molecule has 1 aromatic heterocycles. The van der Waals surface area contributed by atoms with Crippen LogP contribution < -0.4 is 5.32 Å². The van der Waals surface area contributed by atoms with Crippen LogP contribution in [0.15, 0.2) is 41.0 Å². The maximum Gasteiger partial charge on any atom is 0.143 e. The number of hydrogen-bond acceptors (Lipinski definition) is 3. The molecular formula is C14H13FN2O. The molecule has 0 saturated carbocycles. The zero-order valence-corrected chi connectivity index (χ0v) is 9.98. The van der Waals surface area contributed by atoms with Gasteiger partial charge in [0.05, 0.1) is 12.0 Å². The Balaban J connectivity index is 2.10. The maximum atomic E-state index is 13.4. The number of anilines is 1. The number of furan rings is 1. The summed E-state index contributed by atoms with van der Waals surface area (Å²) in [6.45, 7) is 1.95. The number of hydrogen-bond donors (Lipinski definition) is 1. The molecule has 0 spiro atoms. The van der Waals surface area contributed by atoms with Crippen molar-refractivity contribution in [3.8, 4) is 6.07 Å². The van der Waals surface area contributed by atoms with E-state index in [0.717, 1.165) is 5.76 Å². The minimum Gasteiger partial charge on any atom is -0.469 e. The molecule has 2 rings (SSSR count). The molecule has 0 aliphatic rings. The Morgan fingerprint density at radius 2 is 2.22 bits per heavy atom. The summed E-state index contributed by atoms with van der Waals surface area (Å²) in [5.41, 5.74) is 0.556. The van der Waals surface area contributed by atoms with Crippen molar-refractivity contribution in [2.45, 2.75) is 19.4 Å². The van der Waals surface area contributed by atoms with Crippen LogP contribution in [-0.4, -0.2) is 6.04 Å². The van der Waals surface area contributed by atoms with Crippen molar-refractivity contribution in [3.05, 3.63) is 53.7 Å². The SMILES string of the molecule is CC(Cc1ccco1)Nc1cccc(F)c1C#N. The van der Waals surface area contributed by atoms with Crippen molar-refractivity contribution < 1.29 is 8.81 Å². The van der Waals surface area contributed by atoms with Gasteiger partial charge in [-0.3, -0.25) is 0 Å². The number of rotatable bonds is 4. The quantitative estimate of drug-likeness (QED) is 0.897. The van der Waals surface area contributed by atoms with E-state index in [4.69, 9.17) is 9.68 Å². The number of nitrogens with one attached hydrogen (secondary N) is 1. The second-order valence-electron chi connectivity index (χ2n) is 4.10. The van der Waals surface area contributed by atoms with Crippen molar-refractivity contribution in [2.24, 2.45) is 0 Å². The molecule has 0 saturated heterocycles. The second-order valence-corrected chi connectivity index (χ2v) is 4.10. The molecule has 0 amide bonds. The summed E-state index contributed by atoms with van der Waals surface area (Å²) in [7, 11) is 0. The molecule has 1 atom stereocenters. The fraction of sp³-hybridized carbons (Fsp3) is 0.214. The van der Waals surface area contributed by atoms with Gasteiger partial charge in [-0.1, -0.05) is 6.07 Å². The molecular weight excluding hydrogens is 231 g/mol. The standard InChI is InChI=1S/C14H13FN2O/c1-10(8-11-4-3-7-18-11)17-14-6-2-5-13(15)12(14)9-16/h2-7,10,17H,8H2,1H3. The van der Waals surface area contributed by atoms with Crippen molar-refractivity contribution in [2.75, 3.05) is 5.32 Å². The predicted molar refractivity (Wildman–Crippen MR) is 66.6 cm³/mol. The second kappa shape index (κ2) is 5.37. The summed E-state index contributed by atoms with van der Waals surface area (Å²) in [5, 5.41) is 12.0. The van der Waals surface area contributed by atoms with E-state index in [9.17, 15) is 4.39 Å². The molecule has 0 aliphatic carbocycles. The van der Waals surface area contributed by atoms with E-state index >= 15 is 0 Å². The lowest BCUT2D eigenvalue weighted by Crippen LogP contribution is -2.18. The lowest BCUT2D eigenvalue weighted by molar-refractivity contribution is 0.497. The average molecular weight is 244 g/mol. The topological polar surface area (TPSA) is 49.0 Å². The maximum absolute atomic E-state index is 13.4. The van der Waals surface area contributed by atoms with Crippen LogP contribution in [0.1, 0.15) is 18.2 Å². The van der Waals surface area contributed by atoms with Gasteiger partial charge >= 0.3 is 0 Å². The molecule has 4 heteroatoms. The first-order valence-electron chi connectivity index (χ1n) is 5.68. The molecule has 1 heterocycles. The first-order valence-corrected chi connectivity index (χ1v) is 5.68. The normalized spacial score (nSPS) is 11.8. The summed E-state index contributed by atoms with van der Waals surface area (Å²) in [5.74, 6) is 0.345. The monoisotopic (exact) mass is 244 g/mol. The predicted octanol–water partition coefficient (Wildman–Crippen LogP) is 3.33. The molecule has 92 valence electrons. The number of benzene rings is 1. The Labute approximate surface area is 105 Å². The summed E-state index contributed by atoms with van der Waals surface area (Å²) in [6.07, 6.45) is 2.29. The fourth-order valence-electron chi connectivity index (χ4n) is 1.81. The van der Waals surface area contributed by atoms with Crippen LogP contribution in [0.4, 0.5) is 10.1 Å². The molecule has 0 fully saturated rings. The number of nitriles is 1. The molecule has 0 radical (unpaired) electrons. The van der Waals surface area contributed by atoms with E-state index in [1.165, 1.54) is 6.07 Å². The van der Waals surface area contributed by atoms with Gasteiger partial charge in [-0.25, -0.2) is 4.39 Å². The third-order valence-corrected chi connectivity index (χ3v) is 2.61.